The van der Waals surface area contributed by atoms with Crippen molar-refractivity contribution in [2.45, 2.75) is 12.5 Å². The molecular weight excluding hydrogens is 286 g/mol. The van der Waals surface area contributed by atoms with E-state index in [1.54, 1.807) is 0 Å². The van der Waals surface area contributed by atoms with Gasteiger partial charge in [0.1, 0.15) is 6.04 Å². The maximum absolute atomic E-state index is 11.8. The minimum atomic E-state index is -1.03. The first-order chi connectivity index (χ1) is 10.6. The molecule has 22 heavy (non-hydrogen) atoms. The van der Waals surface area contributed by atoms with E-state index in [0.717, 1.165) is 5.56 Å². The van der Waals surface area contributed by atoms with Gasteiger partial charge in [0, 0.05) is 6.42 Å². The lowest BCUT2D eigenvalue weighted by Gasteiger charge is -2.14. The van der Waals surface area contributed by atoms with Gasteiger partial charge >= 0.3 is 5.97 Å². The third-order valence-electron chi connectivity index (χ3n) is 3.19. The number of aromatic amines is 2. The van der Waals surface area contributed by atoms with Crippen molar-refractivity contribution < 1.29 is 9.90 Å². The van der Waals surface area contributed by atoms with E-state index >= 15 is 0 Å². The summed E-state index contributed by atoms with van der Waals surface area (Å²) in [5, 5.41) is 12.1. The third-order valence-corrected chi connectivity index (χ3v) is 3.19. The lowest BCUT2D eigenvalue weighted by atomic mass is 10.1. The summed E-state index contributed by atoms with van der Waals surface area (Å²) >= 11 is 0. The van der Waals surface area contributed by atoms with Crippen LogP contribution in [0.3, 0.4) is 0 Å². The SMILES string of the molecule is O=C(O)C(Cc1ccccc1)Nc1nc2nc[nH]c2c(=O)[nH]1. The summed E-state index contributed by atoms with van der Waals surface area (Å²) in [7, 11) is 0. The number of H-pyrrole nitrogens is 2. The van der Waals surface area contributed by atoms with Crippen molar-refractivity contribution in [1.29, 1.82) is 0 Å². The Bertz CT molecular complexity index is 856. The second-order valence-electron chi connectivity index (χ2n) is 4.74. The molecule has 0 saturated carbocycles. The fraction of sp³-hybridized carbons (Fsp3) is 0.143. The highest BCUT2D eigenvalue weighted by molar-refractivity contribution is 5.77. The van der Waals surface area contributed by atoms with Gasteiger partial charge in [0.15, 0.2) is 11.2 Å². The Morgan fingerprint density at radius 2 is 2.09 bits per heavy atom. The van der Waals surface area contributed by atoms with Crippen LogP contribution in [0, 0.1) is 0 Å². The Labute approximate surface area is 124 Å². The van der Waals surface area contributed by atoms with Crippen molar-refractivity contribution in [3.8, 4) is 0 Å². The average Bonchev–Trinajstić information content (AvgIpc) is 2.96. The Morgan fingerprint density at radius 3 is 2.82 bits per heavy atom. The number of benzene rings is 1. The number of hydrogen-bond acceptors (Lipinski definition) is 5. The Morgan fingerprint density at radius 1 is 1.32 bits per heavy atom. The summed E-state index contributed by atoms with van der Waals surface area (Å²) in [5.74, 6) is -0.957. The van der Waals surface area contributed by atoms with E-state index in [0.29, 0.717) is 0 Å². The molecule has 0 aliphatic heterocycles. The molecule has 1 aromatic carbocycles. The Kier molecular flexibility index (Phi) is 3.57. The second kappa shape index (κ2) is 5.68. The normalized spacial score (nSPS) is 12.2. The number of carbonyl (C=O) groups is 1. The maximum atomic E-state index is 11.8. The summed E-state index contributed by atoms with van der Waals surface area (Å²) in [6.07, 6.45) is 1.62. The highest BCUT2D eigenvalue weighted by atomic mass is 16.4. The molecule has 8 nitrogen and oxygen atoms in total. The van der Waals surface area contributed by atoms with Gasteiger partial charge in [0.05, 0.1) is 6.33 Å². The molecule has 3 aromatic rings. The van der Waals surface area contributed by atoms with Crippen LogP contribution < -0.4 is 10.9 Å². The Balaban J connectivity index is 1.86. The molecule has 0 saturated heterocycles. The van der Waals surface area contributed by atoms with Crippen molar-refractivity contribution in [3.05, 3.63) is 52.6 Å². The maximum Gasteiger partial charge on any atom is 0.326 e. The van der Waals surface area contributed by atoms with Crippen molar-refractivity contribution in [2.24, 2.45) is 0 Å². The minimum Gasteiger partial charge on any atom is -0.480 e. The zero-order valence-corrected chi connectivity index (χ0v) is 11.4. The highest BCUT2D eigenvalue weighted by Crippen LogP contribution is 2.09. The van der Waals surface area contributed by atoms with Crippen LogP contribution >= 0.6 is 0 Å². The van der Waals surface area contributed by atoms with Gasteiger partial charge in [-0.1, -0.05) is 30.3 Å². The molecular formula is C14H13N5O3. The van der Waals surface area contributed by atoms with Crippen LogP contribution in [0.1, 0.15) is 5.56 Å². The number of aliphatic carboxylic acids is 1. The molecule has 0 radical (unpaired) electrons. The molecule has 4 N–H and O–H groups in total. The first-order valence-electron chi connectivity index (χ1n) is 6.60. The Hall–Kier alpha value is -3.16. The van der Waals surface area contributed by atoms with Gasteiger partial charge in [-0.05, 0) is 5.56 Å². The molecule has 0 bridgehead atoms. The predicted octanol–water partition coefficient (Wildman–Crippen LogP) is 0.754. The van der Waals surface area contributed by atoms with Gasteiger partial charge < -0.3 is 15.4 Å². The number of nitrogens with one attached hydrogen (secondary N) is 3. The summed E-state index contributed by atoms with van der Waals surface area (Å²) in [6.45, 7) is 0. The van der Waals surface area contributed by atoms with Crippen molar-refractivity contribution in [2.75, 3.05) is 5.32 Å². The molecule has 3 rings (SSSR count). The smallest absolute Gasteiger partial charge is 0.326 e. The van der Waals surface area contributed by atoms with Crippen LogP contribution in [-0.2, 0) is 11.2 Å². The molecule has 0 amide bonds. The number of aromatic nitrogens is 4. The largest absolute Gasteiger partial charge is 0.480 e. The van der Waals surface area contributed by atoms with E-state index in [9.17, 15) is 14.7 Å². The molecule has 0 fully saturated rings. The number of anilines is 1. The number of carboxylic acid groups (broad SMARTS) is 1. The van der Waals surface area contributed by atoms with Gasteiger partial charge in [0.25, 0.3) is 5.56 Å². The summed E-state index contributed by atoms with van der Waals surface area (Å²) in [6, 6.07) is 8.29. The molecule has 0 spiro atoms. The number of rotatable bonds is 5. The fourth-order valence-electron chi connectivity index (χ4n) is 2.13. The van der Waals surface area contributed by atoms with E-state index in [1.807, 2.05) is 30.3 Å². The average molecular weight is 299 g/mol. The summed E-state index contributed by atoms with van der Waals surface area (Å²) < 4.78 is 0. The lowest BCUT2D eigenvalue weighted by molar-refractivity contribution is -0.137. The van der Waals surface area contributed by atoms with Crippen molar-refractivity contribution in [3.63, 3.8) is 0 Å². The summed E-state index contributed by atoms with van der Waals surface area (Å²) in [5.41, 5.74) is 0.940. The second-order valence-corrected chi connectivity index (χ2v) is 4.74. The van der Waals surface area contributed by atoms with Crippen LogP contribution in [0.2, 0.25) is 0 Å². The number of fused-ring (bicyclic) bond motifs is 1. The molecule has 0 aliphatic carbocycles. The zero-order chi connectivity index (χ0) is 15.5. The van der Waals surface area contributed by atoms with E-state index in [1.165, 1.54) is 6.33 Å². The van der Waals surface area contributed by atoms with E-state index in [2.05, 4.69) is 25.3 Å². The van der Waals surface area contributed by atoms with Gasteiger partial charge in [-0.3, -0.25) is 9.78 Å². The molecule has 112 valence electrons. The molecule has 2 aromatic heterocycles. The van der Waals surface area contributed by atoms with Crippen LogP contribution in [0.25, 0.3) is 11.2 Å². The topological polar surface area (TPSA) is 124 Å². The molecule has 1 atom stereocenters. The van der Waals surface area contributed by atoms with Crippen LogP contribution in [-0.4, -0.2) is 37.1 Å². The van der Waals surface area contributed by atoms with Crippen LogP contribution in [0.15, 0.2) is 41.5 Å². The minimum absolute atomic E-state index is 0.0768. The third kappa shape index (κ3) is 2.80. The van der Waals surface area contributed by atoms with Crippen molar-refractivity contribution >= 4 is 23.1 Å². The molecule has 2 heterocycles. The van der Waals surface area contributed by atoms with Crippen molar-refractivity contribution in [1.82, 2.24) is 19.9 Å². The standard InChI is InChI=1S/C14H13N5O3/c20-12-10-11(16-7-15-10)18-14(19-12)17-9(13(21)22)6-8-4-2-1-3-5-8/h1-5,7,9H,6H2,(H,21,22)(H3,15,16,17,18,19,20). The van der Waals surface area contributed by atoms with Crippen LogP contribution in [0.4, 0.5) is 5.95 Å². The molecule has 0 aliphatic rings. The quantitative estimate of drug-likeness (QED) is 0.551. The summed E-state index contributed by atoms with van der Waals surface area (Å²) in [4.78, 5) is 36.4. The fourth-order valence-corrected chi connectivity index (χ4v) is 2.13. The van der Waals surface area contributed by atoms with Gasteiger partial charge in [-0.2, -0.15) is 4.98 Å². The number of hydrogen-bond donors (Lipinski definition) is 4. The number of imidazole rings is 1. The van der Waals surface area contributed by atoms with Gasteiger partial charge in [-0.25, -0.2) is 9.78 Å². The van der Waals surface area contributed by atoms with E-state index in [4.69, 9.17) is 0 Å². The number of carboxylic acids is 1. The molecule has 1 unspecified atom stereocenters. The zero-order valence-electron chi connectivity index (χ0n) is 11.4. The highest BCUT2D eigenvalue weighted by Gasteiger charge is 2.19. The first-order valence-corrected chi connectivity index (χ1v) is 6.60. The van der Waals surface area contributed by atoms with E-state index < -0.39 is 17.6 Å². The van der Waals surface area contributed by atoms with Crippen LogP contribution in [0.5, 0.6) is 0 Å². The van der Waals surface area contributed by atoms with Gasteiger partial charge in [0.2, 0.25) is 5.95 Å². The van der Waals surface area contributed by atoms with Gasteiger partial charge in [-0.15, -0.1) is 0 Å². The predicted molar refractivity (Wildman–Crippen MR) is 79.7 cm³/mol. The number of nitrogens with zero attached hydrogens (tertiary/aromatic N) is 2. The van der Waals surface area contributed by atoms with E-state index in [-0.39, 0.29) is 23.5 Å². The first kappa shape index (κ1) is 13.8. The monoisotopic (exact) mass is 299 g/mol. The lowest BCUT2D eigenvalue weighted by Crippen LogP contribution is -2.33. The molecule has 8 heteroatoms.